The number of hydrogen-bond donors (Lipinski definition) is 2. The molecule has 0 saturated carbocycles. The number of alkyl halides is 3. The third kappa shape index (κ3) is 6.00. The number of benzene rings is 2. The number of halogens is 4. The lowest BCUT2D eigenvalue weighted by Gasteiger charge is -2.12. The molecule has 0 aliphatic rings. The summed E-state index contributed by atoms with van der Waals surface area (Å²) in [7, 11) is 0. The van der Waals surface area contributed by atoms with Gasteiger partial charge in [-0.05, 0) is 60.5 Å². The van der Waals surface area contributed by atoms with Crippen molar-refractivity contribution >= 4 is 29.3 Å². The SMILES string of the molecule is Cc1ccc(NC(=O)c2cc(F)cc(C(F)(F)F)c2)cc1NC(=O)/C=C/c1cccnc1. The van der Waals surface area contributed by atoms with Crippen molar-refractivity contribution in [1.82, 2.24) is 4.98 Å². The van der Waals surface area contributed by atoms with Crippen LogP contribution in [-0.4, -0.2) is 16.8 Å². The Bertz CT molecular complexity index is 1180. The summed E-state index contributed by atoms with van der Waals surface area (Å²) in [6.45, 7) is 1.73. The van der Waals surface area contributed by atoms with E-state index in [1.54, 1.807) is 43.6 Å². The normalized spacial score (nSPS) is 11.4. The van der Waals surface area contributed by atoms with Gasteiger partial charge >= 0.3 is 6.18 Å². The quantitative estimate of drug-likeness (QED) is 0.407. The number of carbonyl (C=O) groups excluding carboxylic acids is 2. The topological polar surface area (TPSA) is 71.1 Å². The lowest BCUT2D eigenvalue weighted by molar-refractivity contribution is -0.137. The minimum Gasteiger partial charge on any atom is -0.322 e. The van der Waals surface area contributed by atoms with Crippen LogP contribution < -0.4 is 10.6 Å². The van der Waals surface area contributed by atoms with Crippen molar-refractivity contribution in [2.75, 3.05) is 10.6 Å². The van der Waals surface area contributed by atoms with E-state index in [2.05, 4.69) is 15.6 Å². The summed E-state index contributed by atoms with van der Waals surface area (Å²) < 4.78 is 52.2. The molecule has 0 aliphatic carbocycles. The fourth-order valence-corrected chi connectivity index (χ4v) is 2.74. The summed E-state index contributed by atoms with van der Waals surface area (Å²) in [6, 6.07) is 9.67. The van der Waals surface area contributed by atoms with Crippen molar-refractivity contribution in [3.8, 4) is 0 Å². The molecule has 0 bridgehead atoms. The van der Waals surface area contributed by atoms with Gasteiger partial charge < -0.3 is 10.6 Å². The average molecular weight is 443 g/mol. The van der Waals surface area contributed by atoms with Crippen molar-refractivity contribution in [2.24, 2.45) is 0 Å². The number of hydrogen-bond acceptors (Lipinski definition) is 3. The third-order valence-electron chi connectivity index (χ3n) is 4.35. The number of anilines is 2. The second-order valence-corrected chi connectivity index (χ2v) is 6.82. The molecule has 3 aromatic rings. The van der Waals surface area contributed by atoms with E-state index in [-0.39, 0.29) is 5.69 Å². The van der Waals surface area contributed by atoms with Crippen molar-refractivity contribution in [3.05, 3.63) is 95.1 Å². The van der Waals surface area contributed by atoms with Crippen molar-refractivity contribution in [2.45, 2.75) is 13.1 Å². The second kappa shape index (κ2) is 9.42. The summed E-state index contributed by atoms with van der Waals surface area (Å²) in [5, 5.41) is 5.08. The first kappa shape index (κ1) is 22.7. The highest BCUT2D eigenvalue weighted by molar-refractivity contribution is 6.06. The number of carbonyl (C=O) groups is 2. The van der Waals surface area contributed by atoms with Crippen LogP contribution in [0, 0.1) is 12.7 Å². The molecule has 1 aromatic heterocycles. The Morgan fingerprint density at radius 3 is 2.50 bits per heavy atom. The van der Waals surface area contributed by atoms with Gasteiger partial charge in [0, 0.05) is 35.4 Å². The highest BCUT2D eigenvalue weighted by atomic mass is 19.4. The second-order valence-electron chi connectivity index (χ2n) is 6.82. The Morgan fingerprint density at radius 2 is 1.81 bits per heavy atom. The molecule has 0 atom stereocenters. The molecule has 0 spiro atoms. The fourth-order valence-electron chi connectivity index (χ4n) is 2.74. The minimum atomic E-state index is -4.79. The van der Waals surface area contributed by atoms with Gasteiger partial charge in [0.05, 0.1) is 5.56 Å². The predicted octanol–water partition coefficient (Wildman–Crippen LogP) is 5.45. The number of aryl methyl sites for hydroxylation is 1. The maximum Gasteiger partial charge on any atom is 0.416 e. The average Bonchev–Trinajstić information content (AvgIpc) is 2.74. The molecular weight excluding hydrogens is 426 g/mol. The molecule has 9 heteroatoms. The molecule has 1 heterocycles. The van der Waals surface area contributed by atoms with E-state index in [1.807, 2.05) is 0 Å². The van der Waals surface area contributed by atoms with Gasteiger partial charge in [0.25, 0.3) is 5.91 Å². The van der Waals surface area contributed by atoms with E-state index in [1.165, 1.54) is 18.2 Å². The summed E-state index contributed by atoms with van der Waals surface area (Å²) in [5.74, 6) is -2.53. The van der Waals surface area contributed by atoms with Crippen molar-refractivity contribution in [3.63, 3.8) is 0 Å². The maximum atomic E-state index is 13.6. The molecule has 5 nitrogen and oxygen atoms in total. The third-order valence-corrected chi connectivity index (χ3v) is 4.35. The molecule has 2 aromatic carbocycles. The Kier molecular flexibility index (Phi) is 6.67. The summed E-state index contributed by atoms with van der Waals surface area (Å²) in [4.78, 5) is 28.5. The van der Waals surface area contributed by atoms with Gasteiger partial charge in [-0.25, -0.2) is 4.39 Å². The van der Waals surface area contributed by atoms with Gasteiger partial charge in [-0.2, -0.15) is 13.2 Å². The monoisotopic (exact) mass is 443 g/mol. The van der Waals surface area contributed by atoms with Crippen LogP contribution in [0.15, 0.2) is 67.0 Å². The van der Waals surface area contributed by atoms with E-state index in [0.717, 1.165) is 5.56 Å². The summed E-state index contributed by atoms with van der Waals surface area (Å²) in [5.41, 5.74) is 0.275. The fraction of sp³-hybridized carbons (Fsp3) is 0.0870. The smallest absolute Gasteiger partial charge is 0.322 e. The molecule has 0 unspecified atom stereocenters. The standard InChI is InChI=1S/C23H17F4N3O2/c1-14-4-6-19(12-20(14)30-21(31)7-5-15-3-2-8-28-13-15)29-22(32)16-9-17(23(25,26)27)11-18(24)10-16/h2-13H,1H3,(H,29,32)(H,30,31)/b7-5+. The van der Waals surface area contributed by atoms with Gasteiger partial charge in [0.1, 0.15) is 5.82 Å². The predicted molar refractivity (Wildman–Crippen MR) is 112 cm³/mol. The van der Waals surface area contributed by atoms with Crippen molar-refractivity contribution < 1.29 is 27.2 Å². The summed E-state index contributed by atoms with van der Waals surface area (Å²) >= 11 is 0. The zero-order valence-corrected chi connectivity index (χ0v) is 16.7. The van der Waals surface area contributed by atoms with E-state index >= 15 is 0 Å². The number of nitrogens with one attached hydrogen (secondary N) is 2. The van der Waals surface area contributed by atoms with Gasteiger partial charge in [-0.15, -0.1) is 0 Å². The van der Waals surface area contributed by atoms with Crippen molar-refractivity contribution in [1.29, 1.82) is 0 Å². The highest BCUT2D eigenvalue weighted by Crippen LogP contribution is 2.30. The highest BCUT2D eigenvalue weighted by Gasteiger charge is 2.32. The molecule has 0 radical (unpaired) electrons. The first-order valence-electron chi connectivity index (χ1n) is 9.31. The molecular formula is C23H17F4N3O2. The first-order valence-corrected chi connectivity index (χ1v) is 9.31. The number of aromatic nitrogens is 1. The van der Waals surface area contributed by atoms with Gasteiger partial charge in [-0.3, -0.25) is 14.6 Å². The number of amides is 2. The van der Waals surface area contributed by atoms with Crippen LogP contribution in [0.25, 0.3) is 6.08 Å². The first-order chi connectivity index (χ1) is 15.1. The number of rotatable bonds is 5. The summed E-state index contributed by atoms with van der Waals surface area (Å²) in [6.07, 6.45) is 1.29. The number of nitrogens with zero attached hydrogens (tertiary/aromatic N) is 1. The molecule has 32 heavy (non-hydrogen) atoms. The minimum absolute atomic E-state index is 0.213. The van der Waals surface area contributed by atoms with Gasteiger partial charge in [-0.1, -0.05) is 12.1 Å². The van der Waals surface area contributed by atoms with Crippen LogP contribution in [-0.2, 0) is 11.0 Å². The Morgan fingerprint density at radius 1 is 1.03 bits per heavy atom. The Hall–Kier alpha value is -4.01. The van der Waals surface area contributed by atoms with Gasteiger partial charge in [0.15, 0.2) is 0 Å². The van der Waals surface area contributed by atoms with Crippen LogP contribution in [0.2, 0.25) is 0 Å². The molecule has 0 fully saturated rings. The maximum absolute atomic E-state index is 13.6. The van der Waals surface area contributed by atoms with E-state index in [9.17, 15) is 27.2 Å². The van der Waals surface area contributed by atoms with Crippen LogP contribution in [0.3, 0.4) is 0 Å². The molecule has 164 valence electrons. The molecule has 3 rings (SSSR count). The lowest BCUT2D eigenvalue weighted by Crippen LogP contribution is -2.15. The Balaban J connectivity index is 1.74. The van der Waals surface area contributed by atoms with Crippen LogP contribution in [0.1, 0.15) is 27.0 Å². The molecule has 2 amide bonds. The zero-order valence-electron chi connectivity index (χ0n) is 16.7. The molecule has 2 N–H and O–H groups in total. The van der Waals surface area contributed by atoms with E-state index in [0.29, 0.717) is 29.4 Å². The zero-order chi connectivity index (χ0) is 23.3. The number of pyridine rings is 1. The van der Waals surface area contributed by atoms with Gasteiger partial charge in [0.2, 0.25) is 5.91 Å². The van der Waals surface area contributed by atoms with E-state index in [4.69, 9.17) is 0 Å². The lowest BCUT2D eigenvalue weighted by atomic mass is 10.1. The van der Waals surface area contributed by atoms with E-state index < -0.39 is 34.9 Å². The van der Waals surface area contributed by atoms with Crippen LogP contribution in [0.5, 0.6) is 0 Å². The Labute approximate surface area is 180 Å². The van der Waals surface area contributed by atoms with Crippen LogP contribution in [0.4, 0.5) is 28.9 Å². The van der Waals surface area contributed by atoms with Crippen LogP contribution >= 0.6 is 0 Å². The largest absolute Gasteiger partial charge is 0.416 e. The molecule has 0 aliphatic heterocycles. The molecule has 0 saturated heterocycles.